The molecular formula is C24H47N5O9S. The lowest BCUT2D eigenvalue weighted by molar-refractivity contribution is -0.132. The summed E-state index contributed by atoms with van der Waals surface area (Å²) >= 11 is 1.28. The first-order valence-corrected chi connectivity index (χ1v) is 14.0. The molecule has 0 bridgehead atoms. The van der Waals surface area contributed by atoms with Gasteiger partial charge in [-0.3, -0.25) is 19.2 Å². The Balaban J connectivity index is 4.31. The highest BCUT2D eigenvalue weighted by Gasteiger charge is 2.26. The third-order valence-electron chi connectivity index (χ3n) is 4.84. The maximum absolute atomic E-state index is 12.7. The lowest BCUT2D eigenvalue weighted by Gasteiger charge is -2.25. The van der Waals surface area contributed by atoms with Crippen LogP contribution in [0.3, 0.4) is 0 Å². The van der Waals surface area contributed by atoms with Gasteiger partial charge in [0.2, 0.25) is 23.6 Å². The first-order valence-electron chi connectivity index (χ1n) is 12.9. The van der Waals surface area contributed by atoms with Crippen molar-refractivity contribution >= 4 is 35.4 Å². The highest BCUT2D eigenvalue weighted by atomic mass is 32.2. The summed E-state index contributed by atoms with van der Waals surface area (Å²) in [6.07, 6.45) is -0.321. The molecule has 0 saturated heterocycles. The fraction of sp³-hybridized carbons (Fsp3) is 0.833. The number of hydrogen-bond donors (Lipinski definition) is 7. The van der Waals surface area contributed by atoms with E-state index in [9.17, 15) is 24.3 Å². The Morgan fingerprint density at radius 2 is 1.62 bits per heavy atom. The normalized spacial score (nSPS) is 13.7. The molecule has 0 heterocycles. The summed E-state index contributed by atoms with van der Waals surface area (Å²) in [7, 11) is 1.48. The minimum Gasteiger partial charge on any atom is -0.396 e. The summed E-state index contributed by atoms with van der Waals surface area (Å²) in [4.78, 5) is 47.9. The molecular weight excluding hydrogens is 534 g/mol. The lowest BCUT2D eigenvalue weighted by atomic mass is 10.2. The van der Waals surface area contributed by atoms with Crippen LogP contribution in [0.1, 0.15) is 33.6 Å². The van der Waals surface area contributed by atoms with Crippen molar-refractivity contribution < 1.29 is 43.6 Å². The van der Waals surface area contributed by atoms with Crippen molar-refractivity contribution in [1.29, 1.82) is 0 Å². The van der Waals surface area contributed by atoms with Gasteiger partial charge in [-0.05, 0) is 27.2 Å². The quantitative estimate of drug-likeness (QED) is 0.0664. The number of thioether (sulfide) groups is 1. The second-order valence-electron chi connectivity index (χ2n) is 9.51. The molecule has 0 fully saturated rings. The van der Waals surface area contributed by atoms with Crippen LogP contribution in [-0.4, -0.2) is 129 Å². The Morgan fingerprint density at radius 3 is 2.23 bits per heavy atom. The van der Waals surface area contributed by atoms with Crippen LogP contribution in [0.25, 0.3) is 0 Å². The standard InChI is InChI=1S/C24H47N5O9S/c1-24(2,3)38-14-19(29-22(34)18(25)16-39-15-17(31)5-8-30)23(35)27-7-10-37-12-11-36-9-6-20(32)28-13-21(33)26-4/h17-19,30-31H,5-16,25H2,1-4H3,(H,26,33)(H,27,35)(H,28,32)(H,29,34)/t17-,18+,19+/m1/s1. The number of nitrogens with two attached hydrogens (primary N) is 1. The molecule has 0 rings (SSSR count). The number of hydrogen-bond acceptors (Lipinski definition) is 11. The van der Waals surface area contributed by atoms with E-state index >= 15 is 0 Å². The Labute approximate surface area is 234 Å². The van der Waals surface area contributed by atoms with Crippen molar-refractivity contribution in [2.45, 2.75) is 57.4 Å². The Bertz CT molecular complexity index is 725. The Kier molecular flexibility index (Phi) is 20.6. The SMILES string of the molecule is CNC(=O)CNC(=O)CCOCCOCCNC(=O)[C@H](COC(C)(C)C)NC(=O)[C@@H](N)CSC[C@H](O)CCO. The van der Waals surface area contributed by atoms with Crippen LogP contribution >= 0.6 is 11.8 Å². The Hall–Kier alpha value is -2.01. The first kappa shape index (κ1) is 37.0. The molecule has 0 aliphatic carbocycles. The number of rotatable bonds is 22. The smallest absolute Gasteiger partial charge is 0.245 e. The van der Waals surface area contributed by atoms with Gasteiger partial charge in [-0.2, -0.15) is 11.8 Å². The number of likely N-dealkylation sites (N-methyl/N-ethyl adjacent to an activating group) is 1. The van der Waals surface area contributed by atoms with Crippen LogP contribution in [0, 0.1) is 0 Å². The maximum Gasteiger partial charge on any atom is 0.245 e. The molecule has 0 saturated carbocycles. The minimum absolute atomic E-state index is 0.0540. The van der Waals surface area contributed by atoms with Crippen LogP contribution in [0.4, 0.5) is 0 Å². The summed E-state index contributed by atoms with van der Waals surface area (Å²) in [5.41, 5.74) is 5.41. The van der Waals surface area contributed by atoms with E-state index in [1.165, 1.54) is 18.8 Å². The van der Waals surface area contributed by atoms with Crippen LogP contribution in [0.5, 0.6) is 0 Å². The zero-order valence-electron chi connectivity index (χ0n) is 23.5. The molecule has 0 aliphatic rings. The number of carbonyl (C=O) groups is 4. The molecule has 0 aromatic carbocycles. The van der Waals surface area contributed by atoms with Crippen LogP contribution in [-0.2, 0) is 33.4 Å². The predicted octanol–water partition coefficient (Wildman–Crippen LogP) is -2.51. The van der Waals surface area contributed by atoms with Gasteiger partial charge in [-0.25, -0.2) is 0 Å². The van der Waals surface area contributed by atoms with Crippen LogP contribution in [0.15, 0.2) is 0 Å². The molecule has 0 aromatic heterocycles. The van der Waals surface area contributed by atoms with E-state index in [0.29, 0.717) is 5.75 Å². The Morgan fingerprint density at radius 1 is 0.949 bits per heavy atom. The number of ether oxygens (including phenoxy) is 3. The summed E-state index contributed by atoms with van der Waals surface area (Å²) in [5, 5.41) is 28.7. The van der Waals surface area contributed by atoms with E-state index in [-0.39, 0.29) is 83.1 Å². The molecule has 15 heteroatoms. The second kappa shape index (κ2) is 21.8. The monoisotopic (exact) mass is 581 g/mol. The molecule has 0 aliphatic heterocycles. The highest BCUT2D eigenvalue weighted by Crippen LogP contribution is 2.09. The minimum atomic E-state index is -0.967. The maximum atomic E-state index is 12.7. The van der Waals surface area contributed by atoms with Gasteiger partial charge in [-0.1, -0.05) is 0 Å². The van der Waals surface area contributed by atoms with Crippen molar-refractivity contribution in [2.24, 2.45) is 5.73 Å². The molecule has 3 atom stereocenters. The van der Waals surface area contributed by atoms with E-state index in [0.717, 1.165) is 0 Å². The van der Waals surface area contributed by atoms with Crippen molar-refractivity contribution in [2.75, 3.05) is 71.3 Å². The van der Waals surface area contributed by atoms with Gasteiger partial charge in [-0.15, -0.1) is 0 Å². The van der Waals surface area contributed by atoms with Gasteiger partial charge < -0.3 is 51.4 Å². The van der Waals surface area contributed by atoms with Crippen molar-refractivity contribution in [3.05, 3.63) is 0 Å². The van der Waals surface area contributed by atoms with Crippen molar-refractivity contribution in [1.82, 2.24) is 21.3 Å². The molecule has 0 unspecified atom stereocenters. The van der Waals surface area contributed by atoms with Gasteiger partial charge in [0.25, 0.3) is 0 Å². The van der Waals surface area contributed by atoms with Gasteiger partial charge in [0, 0.05) is 38.1 Å². The summed E-state index contributed by atoms with van der Waals surface area (Å²) in [6, 6.07) is -1.86. The average molecular weight is 582 g/mol. The van der Waals surface area contributed by atoms with E-state index in [1.807, 2.05) is 20.8 Å². The predicted molar refractivity (Wildman–Crippen MR) is 147 cm³/mol. The van der Waals surface area contributed by atoms with E-state index in [4.69, 9.17) is 25.1 Å². The topological polar surface area (TPSA) is 211 Å². The summed E-state index contributed by atoms with van der Waals surface area (Å²) in [6.45, 7) is 6.30. The van der Waals surface area contributed by atoms with Gasteiger partial charge >= 0.3 is 0 Å². The van der Waals surface area contributed by atoms with E-state index < -0.39 is 35.6 Å². The molecule has 4 amide bonds. The van der Waals surface area contributed by atoms with Gasteiger partial charge in [0.15, 0.2) is 0 Å². The number of nitrogens with one attached hydrogen (secondary N) is 4. The third kappa shape index (κ3) is 21.5. The second-order valence-corrected chi connectivity index (χ2v) is 10.6. The van der Waals surface area contributed by atoms with Gasteiger partial charge in [0.1, 0.15) is 6.04 Å². The fourth-order valence-corrected chi connectivity index (χ4v) is 3.63. The van der Waals surface area contributed by atoms with Gasteiger partial charge in [0.05, 0.1) is 57.3 Å². The highest BCUT2D eigenvalue weighted by molar-refractivity contribution is 7.99. The number of aliphatic hydroxyl groups excluding tert-OH is 2. The van der Waals surface area contributed by atoms with E-state index in [1.54, 1.807) is 0 Å². The third-order valence-corrected chi connectivity index (χ3v) is 6.05. The average Bonchev–Trinajstić information content (AvgIpc) is 2.87. The van der Waals surface area contributed by atoms with Crippen LogP contribution in [0.2, 0.25) is 0 Å². The molecule has 39 heavy (non-hydrogen) atoms. The van der Waals surface area contributed by atoms with Crippen LogP contribution < -0.4 is 27.0 Å². The molecule has 0 spiro atoms. The molecule has 228 valence electrons. The van der Waals surface area contributed by atoms with E-state index in [2.05, 4.69) is 21.3 Å². The number of amides is 4. The zero-order valence-corrected chi connectivity index (χ0v) is 24.3. The molecule has 0 radical (unpaired) electrons. The zero-order chi connectivity index (χ0) is 29.7. The fourth-order valence-electron chi connectivity index (χ4n) is 2.65. The lowest BCUT2D eigenvalue weighted by Crippen LogP contribution is -2.55. The summed E-state index contributed by atoms with van der Waals surface area (Å²) < 4.78 is 16.4. The molecule has 0 aromatic rings. The number of carbonyl (C=O) groups excluding carboxylic acids is 4. The number of aliphatic hydroxyl groups is 2. The molecule has 8 N–H and O–H groups in total. The summed E-state index contributed by atoms with van der Waals surface area (Å²) in [5.74, 6) is -0.986. The largest absolute Gasteiger partial charge is 0.396 e. The molecule has 14 nitrogen and oxygen atoms in total. The van der Waals surface area contributed by atoms with Crippen molar-refractivity contribution in [3.63, 3.8) is 0 Å². The first-order chi connectivity index (χ1) is 18.4. The van der Waals surface area contributed by atoms with Crippen molar-refractivity contribution in [3.8, 4) is 0 Å².